The van der Waals surface area contributed by atoms with Gasteiger partial charge in [0.05, 0.1) is 14.1 Å². The van der Waals surface area contributed by atoms with Crippen LogP contribution in [0.1, 0.15) is 13.8 Å². The van der Waals surface area contributed by atoms with Gasteiger partial charge >= 0.3 is 0 Å². The summed E-state index contributed by atoms with van der Waals surface area (Å²) >= 11 is 0. The predicted octanol–water partition coefficient (Wildman–Crippen LogP) is 1.17. The molecule has 0 N–H and O–H groups in total. The molecule has 0 aromatic heterocycles. The van der Waals surface area contributed by atoms with Gasteiger partial charge in [0.25, 0.3) is 0 Å². The van der Waals surface area contributed by atoms with Crippen molar-refractivity contribution in [3.05, 3.63) is 9.81 Å². The standard InChI is InChI=1S/2C2H4O.2CH3NO.2U.2V/c4*1-2-3;;;;/h2*2H,1H3;2*1H3;;;;. The van der Waals surface area contributed by atoms with Crippen LogP contribution < -0.4 is 0 Å². The molecule has 0 amide bonds. The molecule has 90 valence electrons. The van der Waals surface area contributed by atoms with E-state index in [1.54, 1.807) is 0 Å². The van der Waals surface area contributed by atoms with Gasteiger partial charge in [-0.15, -0.1) is 0 Å². The molecule has 2 radical (unpaired) electrons. The Hall–Kier alpha value is 1.81. The van der Waals surface area contributed by atoms with Crippen molar-refractivity contribution in [2.75, 3.05) is 14.1 Å². The minimum Gasteiger partial charge on any atom is -0.304 e. The van der Waals surface area contributed by atoms with Crippen molar-refractivity contribution >= 4 is 12.6 Å². The van der Waals surface area contributed by atoms with Crippen molar-refractivity contribution in [3.63, 3.8) is 0 Å². The van der Waals surface area contributed by atoms with Gasteiger partial charge in [0.1, 0.15) is 12.6 Å². The Kier molecular flexibility index (Phi) is 407. The van der Waals surface area contributed by atoms with E-state index in [0.717, 1.165) is 12.6 Å². The Labute approximate surface area is 167 Å². The number of carbonyl (C=O) groups is 2. The summed E-state index contributed by atoms with van der Waals surface area (Å²) in [4.78, 5) is 34.7. The van der Waals surface area contributed by atoms with E-state index in [1.165, 1.54) is 27.9 Å². The number of carbonyl (C=O) groups excluding carboxylic acids is 2. The molecule has 0 fully saturated rings. The zero-order chi connectivity index (χ0) is 10.8. The fourth-order valence-electron chi connectivity index (χ4n) is 0. The number of hydrogen-bond donors (Lipinski definition) is 0. The SMILES string of the molecule is CC=O.CC=O.CN=O.CN=O.[U].[U].[V].[V]. The zero-order valence-electron chi connectivity index (χ0n) is 9.58. The van der Waals surface area contributed by atoms with Crippen LogP contribution in [0.5, 0.6) is 0 Å². The molecule has 0 atom stereocenters. The zero-order valence-corrected chi connectivity index (χ0v) is 20.7. The molecule has 0 spiro atoms. The van der Waals surface area contributed by atoms with Gasteiger partial charge in [0.15, 0.2) is 0 Å². The summed E-state index contributed by atoms with van der Waals surface area (Å²) in [6.45, 7) is 2.89. The summed E-state index contributed by atoms with van der Waals surface area (Å²) in [6, 6.07) is 0. The van der Waals surface area contributed by atoms with Crippen molar-refractivity contribution in [1.82, 2.24) is 0 Å². The van der Waals surface area contributed by atoms with Gasteiger partial charge in [-0.25, -0.2) is 0 Å². The molecule has 0 aliphatic carbocycles. The Bertz CT molecular complexity index is 88.5. The van der Waals surface area contributed by atoms with Crippen LogP contribution in [-0.2, 0) is 46.7 Å². The van der Waals surface area contributed by atoms with E-state index in [4.69, 9.17) is 19.4 Å². The van der Waals surface area contributed by atoms with E-state index in [2.05, 4.69) is 10.4 Å². The summed E-state index contributed by atoms with van der Waals surface area (Å²) in [6.07, 6.45) is 1.50. The van der Waals surface area contributed by atoms with Crippen LogP contribution in [0.3, 0.4) is 0 Å². The van der Waals surface area contributed by atoms with Crippen molar-refractivity contribution in [2.45, 2.75) is 13.8 Å². The van der Waals surface area contributed by atoms with Gasteiger partial charge in [-0.1, -0.05) is 10.4 Å². The smallest absolute Gasteiger partial charge is 0.116 e. The molecule has 16 heavy (non-hydrogen) atoms. The number of aldehydes is 2. The molecule has 0 aromatic carbocycles. The normalized spacial score (nSPS) is 3.25. The second kappa shape index (κ2) is 124. The van der Waals surface area contributed by atoms with Gasteiger partial charge in [-0.05, 0) is 13.8 Å². The second-order valence-corrected chi connectivity index (χ2v) is 0.837. The first-order valence-corrected chi connectivity index (χ1v) is 2.89. The third-order valence-corrected chi connectivity index (χ3v) is 0. The van der Waals surface area contributed by atoms with Crippen LogP contribution in [0.2, 0.25) is 0 Å². The third-order valence-electron chi connectivity index (χ3n) is 0. The maximum atomic E-state index is 8.81. The van der Waals surface area contributed by atoms with Crippen molar-refractivity contribution < 1.29 is 109 Å². The molecule has 0 unspecified atom stereocenters. The van der Waals surface area contributed by atoms with Gasteiger partial charge in [-0.3, -0.25) is 0 Å². The Morgan fingerprint density at radius 3 is 0.750 bits per heavy atom. The average molecular weight is 756 g/mol. The molecular weight excluding hydrogens is 742 g/mol. The van der Waals surface area contributed by atoms with Crippen molar-refractivity contribution in [1.29, 1.82) is 0 Å². The summed E-state index contributed by atoms with van der Waals surface area (Å²) in [5, 5.41) is 4.50. The van der Waals surface area contributed by atoms with E-state index in [0.29, 0.717) is 0 Å². The van der Waals surface area contributed by atoms with E-state index < -0.39 is 0 Å². The Morgan fingerprint density at radius 2 is 0.750 bits per heavy atom. The monoisotopic (exact) mass is 756 g/mol. The summed E-state index contributed by atoms with van der Waals surface area (Å²) in [7, 11) is 2.39. The molecule has 0 heterocycles. The molecule has 10 heteroatoms. The molecule has 0 saturated carbocycles. The van der Waals surface area contributed by atoms with E-state index >= 15 is 0 Å². The Morgan fingerprint density at radius 1 is 0.750 bits per heavy atom. The fraction of sp³-hybridized carbons (Fsp3) is 0.667. The van der Waals surface area contributed by atoms with E-state index in [1.807, 2.05) is 0 Å². The van der Waals surface area contributed by atoms with E-state index in [-0.39, 0.29) is 99.3 Å². The van der Waals surface area contributed by atoms with Crippen LogP contribution in [0.4, 0.5) is 0 Å². The molecule has 0 aliphatic heterocycles. The van der Waals surface area contributed by atoms with Gasteiger partial charge in [0.2, 0.25) is 0 Å². The molecule has 0 rings (SSSR count). The summed E-state index contributed by atoms with van der Waals surface area (Å²) < 4.78 is 0. The average Bonchev–Trinajstić information content (AvgIpc) is 1.92. The number of nitrogens with zero attached hydrogens (tertiary/aromatic N) is 2. The van der Waals surface area contributed by atoms with Crippen LogP contribution in [0.25, 0.3) is 0 Å². The molecule has 0 bridgehead atoms. The number of nitroso groups, excluding NO2 is 2. The van der Waals surface area contributed by atoms with E-state index in [9.17, 15) is 0 Å². The van der Waals surface area contributed by atoms with Gasteiger partial charge < -0.3 is 9.59 Å². The maximum Gasteiger partial charge on any atom is 0.116 e. The van der Waals surface area contributed by atoms with Crippen LogP contribution >= 0.6 is 0 Å². The minimum atomic E-state index is 0. The topological polar surface area (TPSA) is 93.0 Å². The number of hydrogen-bond acceptors (Lipinski definition) is 6. The largest absolute Gasteiger partial charge is 0.304 e. The number of rotatable bonds is 0. The van der Waals surface area contributed by atoms with Gasteiger partial charge in [0, 0.05) is 99.3 Å². The molecule has 0 aromatic rings. The van der Waals surface area contributed by atoms with Crippen molar-refractivity contribution in [2.24, 2.45) is 10.4 Å². The van der Waals surface area contributed by atoms with Crippen LogP contribution in [0.15, 0.2) is 10.4 Å². The minimum absolute atomic E-state index is 0. The quantitative estimate of drug-likeness (QED) is 0.275. The van der Waals surface area contributed by atoms with Gasteiger partial charge in [-0.2, -0.15) is 9.81 Å². The first-order chi connectivity index (χ1) is 5.66. The fourth-order valence-corrected chi connectivity index (χ4v) is 0. The molecule has 0 saturated heterocycles. The predicted molar refractivity (Wildman–Crippen MR) is 46.9 cm³/mol. The molecular formula is C6H14N2O4U2V2. The summed E-state index contributed by atoms with van der Waals surface area (Å²) in [5.41, 5.74) is 0. The maximum absolute atomic E-state index is 8.81. The van der Waals surface area contributed by atoms with Crippen LogP contribution in [-0.4, -0.2) is 26.7 Å². The first kappa shape index (κ1) is 52.3. The second-order valence-electron chi connectivity index (χ2n) is 0.837. The Balaban J connectivity index is -0.00000000821. The third kappa shape index (κ3) is 1060. The molecule has 0 aliphatic rings. The summed E-state index contributed by atoms with van der Waals surface area (Å²) in [5.74, 6) is 0. The first-order valence-electron chi connectivity index (χ1n) is 2.89. The van der Waals surface area contributed by atoms with Crippen LogP contribution in [0, 0.1) is 72.0 Å². The van der Waals surface area contributed by atoms with Crippen molar-refractivity contribution in [3.8, 4) is 0 Å². The molecule has 6 nitrogen and oxygen atoms in total.